The summed E-state index contributed by atoms with van der Waals surface area (Å²) >= 11 is 1.36. The third-order valence-electron chi connectivity index (χ3n) is 4.45. The largest absolute Gasteiger partial charge is 0.379 e. The molecule has 1 aromatic carbocycles. The number of carbonyl (C=O) groups is 1. The lowest BCUT2D eigenvalue weighted by Crippen LogP contribution is -2.47. The van der Waals surface area contributed by atoms with E-state index in [0.29, 0.717) is 16.5 Å². The van der Waals surface area contributed by atoms with Crippen molar-refractivity contribution in [1.82, 2.24) is 15.2 Å². The Morgan fingerprint density at radius 3 is 2.89 bits per heavy atom. The number of nitrogens with zero attached hydrogens (tertiary/aromatic N) is 2. The van der Waals surface area contributed by atoms with Crippen LogP contribution in [0, 0.1) is 5.82 Å². The predicted octanol–water partition coefficient (Wildman–Crippen LogP) is 2.80. The van der Waals surface area contributed by atoms with Gasteiger partial charge in [0.25, 0.3) is 0 Å². The Labute approximate surface area is 162 Å². The molecule has 8 heteroatoms. The number of thiazole rings is 1. The van der Waals surface area contributed by atoms with Crippen molar-refractivity contribution in [3.8, 4) is 0 Å². The van der Waals surface area contributed by atoms with Crippen LogP contribution in [0.2, 0.25) is 0 Å². The maximum Gasteiger partial charge on any atom is 0.226 e. The van der Waals surface area contributed by atoms with Gasteiger partial charge in [0.1, 0.15) is 5.82 Å². The van der Waals surface area contributed by atoms with Crippen LogP contribution in [0.15, 0.2) is 29.6 Å². The van der Waals surface area contributed by atoms with Crippen LogP contribution in [-0.4, -0.2) is 54.7 Å². The Hall–Kier alpha value is -2.03. The molecule has 0 spiro atoms. The van der Waals surface area contributed by atoms with Crippen LogP contribution in [-0.2, 0) is 16.0 Å². The summed E-state index contributed by atoms with van der Waals surface area (Å²) in [7, 11) is 0. The first-order valence-electron chi connectivity index (χ1n) is 9.19. The molecule has 0 saturated carbocycles. The van der Waals surface area contributed by atoms with Crippen molar-refractivity contribution in [1.29, 1.82) is 0 Å². The van der Waals surface area contributed by atoms with Crippen molar-refractivity contribution in [3.63, 3.8) is 0 Å². The fourth-order valence-electron chi connectivity index (χ4n) is 2.94. The quantitative estimate of drug-likeness (QED) is 0.723. The molecule has 2 aromatic rings. The van der Waals surface area contributed by atoms with E-state index >= 15 is 0 Å². The second-order valence-corrected chi connectivity index (χ2v) is 7.37. The molecule has 1 aromatic heterocycles. The molecule has 0 bridgehead atoms. The number of carbonyl (C=O) groups excluding carboxylic acids is 1. The van der Waals surface area contributed by atoms with Gasteiger partial charge in [0, 0.05) is 31.1 Å². The Morgan fingerprint density at radius 2 is 2.15 bits per heavy atom. The molecule has 27 heavy (non-hydrogen) atoms. The minimum Gasteiger partial charge on any atom is -0.379 e. The summed E-state index contributed by atoms with van der Waals surface area (Å²) in [6.07, 6.45) is 1.09. The van der Waals surface area contributed by atoms with E-state index in [1.54, 1.807) is 18.2 Å². The average Bonchev–Trinajstić information content (AvgIpc) is 3.10. The standard InChI is InChI=1S/C19H25FN4O2S/c1-2-14(12-24-7-9-26-10-8-24)21-18(25)11-15-13-27-19(22-15)23-17-6-4-3-5-16(17)20/h3-6,13-14H,2,7-12H2,1H3,(H,21,25)(H,22,23). The number of rotatable bonds is 8. The number of hydrogen-bond acceptors (Lipinski definition) is 6. The molecule has 2 N–H and O–H groups in total. The van der Waals surface area contributed by atoms with Gasteiger partial charge >= 0.3 is 0 Å². The summed E-state index contributed by atoms with van der Waals surface area (Å²) < 4.78 is 19.1. The van der Waals surface area contributed by atoms with Crippen molar-refractivity contribution >= 4 is 28.1 Å². The van der Waals surface area contributed by atoms with Gasteiger partial charge in [-0.05, 0) is 18.6 Å². The summed E-state index contributed by atoms with van der Waals surface area (Å²) in [6.45, 7) is 6.22. The molecule has 1 atom stereocenters. The van der Waals surface area contributed by atoms with Gasteiger partial charge in [-0.2, -0.15) is 0 Å². The first-order valence-corrected chi connectivity index (χ1v) is 10.1. The SMILES string of the molecule is CCC(CN1CCOCC1)NC(=O)Cc1csc(Nc2ccccc2F)n1. The first-order chi connectivity index (χ1) is 13.1. The minimum absolute atomic E-state index is 0.0437. The van der Waals surface area contributed by atoms with Gasteiger partial charge in [-0.25, -0.2) is 9.37 Å². The van der Waals surface area contributed by atoms with Crippen molar-refractivity contribution in [2.75, 3.05) is 38.2 Å². The number of benzene rings is 1. The maximum absolute atomic E-state index is 13.7. The van der Waals surface area contributed by atoms with Crippen LogP contribution >= 0.6 is 11.3 Å². The Morgan fingerprint density at radius 1 is 1.37 bits per heavy atom. The minimum atomic E-state index is -0.333. The summed E-state index contributed by atoms with van der Waals surface area (Å²) in [5.74, 6) is -0.376. The third kappa shape index (κ3) is 5.98. The highest BCUT2D eigenvalue weighted by atomic mass is 32.1. The van der Waals surface area contributed by atoms with E-state index in [1.165, 1.54) is 17.4 Å². The number of anilines is 2. The zero-order chi connectivity index (χ0) is 19.1. The highest BCUT2D eigenvalue weighted by Gasteiger charge is 2.18. The van der Waals surface area contributed by atoms with E-state index in [1.807, 2.05) is 5.38 Å². The van der Waals surface area contributed by atoms with Crippen molar-refractivity contribution in [3.05, 3.63) is 41.2 Å². The second kappa shape index (κ2) is 9.77. The molecule has 1 saturated heterocycles. The molecule has 0 aliphatic carbocycles. The third-order valence-corrected chi connectivity index (χ3v) is 5.26. The van der Waals surface area contributed by atoms with E-state index in [-0.39, 0.29) is 24.2 Å². The molecule has 1 aliphatic heterocycles. The molecule has 1 fully saturated rings. The predicted molar refractivity (Wildman–Crippen MR) is 105 cm³/mol. The number of nitrogens with one attached hydrogen (secondary N) is 2. The van der Waals surface area contributed by atoms with Crippen LogP contribution in [0.3, 0.4) is 0 Å². The molecule has 146 valence electrons. The lowest BCUT2D eigenvalue weighted by molar-refractivity contribution is -0.121. The number of ether oxygens (including phenoxy) is 1. The van der Waals surface area contributed by atoms with Gasteiger partial charge in [-0.15, -0.1) is 11.3 Å². The normalized spacial score (nSPS) is 16.1. The van der Waals surface area contributed by atoms with Crippen LogP contribution < -0.4 is 10.6 Å². The van der Waals surface area contributed by atoms with Crippen molar-refractivity contribution in [2.45, 2.75) is 25.8 Å². The maximum atomic E-state index is 13.7. The lowest BCUT2D eigenvalue weighted by Gasteiger charge is -2.30. The molecule has 1 amide bonds. The van der Waals surface area contributed by atoms with Crippen LogP contribution in [0.1, 0.15) is 19.0 Å². The highest BCUT2D eigenvalue weighted by Crippen LogP contribution is 2.23. The smallest absolute Gasteiger partial charge is 0.226 e. The van der Waals surface area contributed by atoms with Gasteiger partial charge in [0.15, 0.2) is 5.13 Å². The molecule has 1 unspecified atom stereocenters. The molecule has 6 nitrogen and oxygen atoms in total. The Bertz CT molecular complexity index is 749. The summed E-state index contributed by atoms with van der Waals surface area (Å²) in [6, 6.07) is 6.56. The number of hydrogen-bond donors (Lipinski definition) is 2. The highest BCUT2D eigenvalue weighted by molar-refractivity contribution is 7.13. The molecule has 2 heterocycles. The number of halogens is 1. The molecular weight excluding hydrogens is 367 g/mol. The Kier molecular flexibility index (Phi) is 7.14. The van der Waals surface area contributed by atoms with E-state index in [0.717, 1.165) is 39.3 Å². The number of aromatic nitrogens is 1. The van der Waals surface area contributed by atoms with Gasteiger partial charge in [-0.3, -0.25) is 9.69 Å². The summed E-state index contributed by atoms with van der Waals surface area (Å²) in [5.41, 5.74) is 1.05. The van der Waals surface area contributed by atoms with Crippen LogP contribution in [0.4, 0.5) is 15.2 Å². The number of morpholine rings is 1. The van der Waals surface area contributed by atoms with Gasteiger partial charge in [0.05, 0.1) is 31.0 Å². The zero-order valence-corrected chi connectivity index (χ0v) is 16.2. The van der Waals surface area contributed by atoms with Gasteiger partial charge in [0.2, 0.25) is 5.91 Å². The van der Waals surface area contributed by atoms with E-state index in [4.69, 9.17) is 4.74 Å². The zero-order valence-electron chi connectivity index (χ0n) is 15.4. The van der Waals surface area contributed by atoms with Gasteiger partial charge < -0.3 is 15.4 Å². The lowest BCUT2D eigenvalue weighted by atomic mass is 10.2. The van der Waals surface area contributed by atoms with Gasteiger partial charge in [-0.1, -0.05) is 19.1 Å². The monoisotopic (exact) mass is 392 g/mol. The first kappa shape index (κ1) is 19.7. The summed E-state index contributed by atoms with van der Waals surface area (Å²) in [5, 5.41) is 8.45. The topological polar surface area (TPSA) is 66.5 Å². The molecule has 1 aliphatic rings. The average molecular weight is 393 g/mol. The van der Waals surface area contributed by atoms with Crippen molar-refractivity contribution < 1.29 is 13.9 Å². The fraction of sp³-hybridized carbons (Fsp3) is 0.474. The number of para-hydroxylation sites is 1. The summed E-state index contributed by atoms with van der Waals surface area (Å²) in [4.78, 5) is 19.1. The molecular formula is C19H25FN4O2S. The van der Waals surface area contributed by atoms with Crippen LogP contribution in [0.5, 0.6) is 0 Å². The van der Waals surface area contributed by atoms with Crippen molar-refractivity contribution in [2.24, 2.45) is 0 Å². The molecule has 0 radical (unpaired) electrons. The Balaban J connectivity index is 1.50. The van der Waals surface area contributed by atoms with E-state index < -0.39 is 0 Å². The van der Waals surface area contributed by atoms with Crippen LogP contribution in [0.25, 0.3) is 0 Å². The second-order valence-electron chi connectivity index (χ2n) is 6.51. The van der Waals surface area contributed by atoms with E-state index in [2.05, 4.69) is 27.4 Å². The van der Waals surface area contributed by atoms with E-state index in [9.17, 15) is 9.18 Å². The number of amides is 1. The molecule has 3 rings (SSSR count). The fourth-order valence-corrected chi connectivity index (χ4v) is 3.66.